The van der Waals surface area contributed by atoms with Gasteiger partial charge in [-0.2, -0.15) is 0 Å². The standard InChI is InChI=1S/C19H31N3O/c1-4-14-22-15-8-7-9-18(22)19(23)20-16-10-12-17(13-11-16)21(5-2)6-3/h10-13,18H,4-9,14-15H2,1-3H3,(H,20,23). The molecule has 1 unspecified atom stereocenters. The van der Waals surface area contributed by atoms with Crippen molar-refractivity contribution in [1.29, 1.82) is 0 Å². The number of piperidine rings is 1. The Kier molecular flexibility index (Phi) is 6.90. The van der Waals surface area contributed by atoms with Crippen molar-refractivity contribution in [3.8, 4) is 0 Å². The van der Waals surface area contributed by atoms with E-state index in [0.717, 1.165) is 51.1 Å². The van der Waals surface area contributed by atoms with E-state index in [1.807, 2.05) is 12.1 Å². The van der Waals surface area contributed by atoms with E-state index in [9.17, 15) is 4.79 Å². The van der Waals surface area contributed by atoms with Crippen LogP contribution in [0.2, 0.25) is 0 Å². The van der Waals surface area contributed by atoms with E-state index < -0.39 is 0 Å². The van der Waals surface area contributed by atoms with Gasteiger partial charge in [0.2, 0.25) is 5.91 Å². The quantitative estimate of drug-likeness (QED) is 0.832. The second-order valence-electron chi connectivity index (χ2n) is 6.26. The number of rotatable bonds is 7. The Morgan fingerprint density at radius 3 is 2.48 bits per heavy atom. The van der Waals surface area contributed by atoms with E-state index >= 15 is 0 Å². The highest BCUT2D eigenvalue weighted by Crippen LogP contribution is 2.21. The molecule has 1 heterocycles. The van der Waals surface area contributed by atoms with Gasteiger partial charge in [0, 0.05) is 24.5 Å². The van der Waals surface area contributed by atoms with Crippen molar-refractivity contribution in [2.45, 2.75) is 52.5 Å². The van der Waals surface area contributed by atoms with Crippen LogP contribution in [0, 0.1) is 0 Å². The van der Waals surface area contributed by atoms with Crippen LogP contribution in [0.3, 0.4) is 0 Å². The van der Waals surface area contributed by atoms with Gasteiger partial charge in [-0.1, -0.05) is 13.3 Å². The molecule has 1 atom stereocenters. The lowest BCUT2D eigenvalue weighted by molar-refractivity contribution is -0.122. The van der Waals surface area contributed by atoms with Gasteiger partial charge in [0.25, 0.3) is 0 Å². The SMILES string of the molecule is CCCN1CCCCC1C(=O)Nc1ccc(N(CC)CC)cc1. The maximum Gasteiger partial charge on any atom is 0.241 e. The van der Waals surface area contributed by atoms with Crippen LogP contribution in [0.15, 0.2) is 24.3 Å². The summed E-state index contributed by atoms with van der Waals surface area (Å²) in [4.78, 5) is 17.3. The minimum Gasteiger partial charge on any atom is -0.372 e. The molecule has 1 saturated heterocycles. The van der Waals surface area contributed by atoms with E-state index in [0.29, 0.717) is 0 Å². The minimum atomic E-state index is 0.0335. The third kappa shape index (κ3) is 4.71. The van der Waals surface area contributed by atoms with E-state index in [-0.39, 0.29) is 11.9 Å². The molecule has 1 aliphatic rings. The van der Waals surface area contributed by atoms with E-state index in [1.165, 1.54) is 12.1 Å². The first-order chi connectivity index (χ1) is 11.2. The van der Waals surface area contributed by atoms with Crippen LogP contribution in [-0.2, 0) is 4.79 Å². The fraction of sp³-hybridized carbons (Fsp3) is 0.632. The highest BCUT2D eigenvalue weighted by Gasteiger charge is 2.27. The van der Waals surface area contributed by atoms with Crippen molar-refractivity contribution in [2.75, 3.05) is 36.4 Å². The van der Waals surface area contributed by atoms with Crippen molar-refractivity contribution >= 4 is 17.3 Å². The van der Waals surface area contributed by atoms with Gasteiger partial charge >= 0.3 is 0 Å². The van der Waals surface area contributed by atoms with Crippen molar-refractivity contribution in [3.05, 3.63) is 24.3 Å². The van der Waals surface area contributed by atoms with Gasteiger partial charge in [-0.25, -0.2) is 0 Å². The normalized spacial score (nSPS) is 18.7. The number of hydrogen-bond acceptors (Lipinski definition) is 3. The van der Waals surface area contributed by atoms with Gasteiger partial charge in [-0.3, -0.25) is 9.69 Å². The molecule has 1 aliphatic heterocycles. The smallest absolute Gasteiger partial charge is 0.241 e. The van der Waals surface area contributed by atoms with Gasteiger partial charge in [0.1, 0.15) is 0 Å². The molecule has 2 rings (SSSR count). The largest absolute Gasteiger partial charge is 0.372 e. The van der Waals surface area contributed by atoms with Crippen LogP contribution in [0.4, 0.5) is 11.4 Å². The molecular weight excluding hydrogens is 286 g/mol. The number of hydrogen-bond donors (Lipinski definition) is 1. The van der Waals surface area contributed by atoms with Crippen molar-refractivity contribution < 1.29 is 4.79 Å². The summed E-state index contributed by atoms with van der Waals surface area (Å²) in [7, 11) is 0. The summed E-state index contributed by atoms with van der Waals surface area (Å²) in [6.45, 7) is 10.5. The molecule has 0 bridgehead atoms. The number of amides is 1. The Balaban J connectivity index is 1.98. The van der Waals surface area contributed by atoms with E-state index in [2.05, 4.69) is 48.0 Å². The number of anilines is 2. The molecule has 0 spiro atoms. The summed E-state index contributed by atoms with van der Waals surface area (Å²) < 4.78 is 0. The average Bonchev–Trinajstić information content (AvgIpc) is 2.58. The Morgan fingerprint density at radius 1 is 1.17 bits per heavy atom. The number of benzene rings is 1. The van der Waals surface area contributed by atoms with Crippen LogP contribution in [0.1, 0.15) is 46.5 Å². The molecule has 1 fully saturated rings. The number of nitrogens with one attached hydrogen (secondary N) is 1. The summed E-state index contributed by atoms with van der Waals surface area (Å²) in [6, 6.07) is 8.24. The summed E-state index contributed by atoms with van der Waals surface area (Å²) in [5, 5.41) is 3.10. The van der Waals surface area contributed by atoms with Crippen LogP contribution in [0.5, 0.6) is 0 Å². The summed E-state index contributed by atoms with van der Waals surface area (Å²) in [5.74, 6) is 0.147. The maximum absolute atomic E-state index is 12.6. The van der Waals surface area contributed by atoms with Crippen LogP contribution in [-0.4, -0.2) is 43.0 Å². The highest BCUT2D eigenvalue weighted by molar-refractivity contribution is 5.95. The molecule has 1 aromatic carbocycles. The lowest BCUT2D eigenvalue weighted by Gasteiger charge is -2.34. The average molecular weight is 317 g/mol. The zero-order valence-corrected chi connectivity index (χ0v) is 14.8. The summed E-state index contributed by atoms with van der Waals surface area (Å²) in [6.07, 6.45) is 4.44. The molecule has 1 amide bonds. The van der Waals surface area contributed by atoms with Crippen LogP contribution < -0.4 is 10.2 Å². The topological polar surface area (TPSA) is 35.6 Å². The van der Waals surface area contributed by atoms with Gasteiger partial charge in [0.05, 0.1) is 6.04 Å². The Bertz CT molecular complexity index is 480. The minimum absolute atomic E-state index is 0.0335. The molecule has 0 radical (unpaired) electrons. The zero-order valence-electron chi connectivity index (χ0n) is 14.8. The molecule has 0 aliphatic carbocycles. The number of carbonyl (C=O) groups is 1. The molecule has 0 saturated carbocycles. The first kappa shape index (κ1) is 17.8. The fourth-order valence-electron chi connectivity index (χ4n) is 3.41. The van der Waals surface area contributed by atoms with E-state index in [1.54, 1.807) is 0 Å². The third-order valence-electron chi connectivity index (χ3n) is 4.69. The molecule has 23 heavy (non-hydrogen) atoms. The first-order valence-corrected chi connectivity index (χ1v) is 9.09. The van der Waals surface area contributed by atoms with Gasteiger partial charge in [-0.05, 0) is 70.5 Å². The first-order valence-electron chi connectivity index (χ1n) is 9.09. The lowest BCUT2D eigenvalue weighted by Crippen LogP contribution is -2.47. The second-order valence-corrected chi connectivity index (χ2v) is 6.26. The summed E-state index contributed by atoms with van der Waals surface area (Å²) in [5.41, 5.74) is 2.10. The fourth-order valence-corrected chi connectivity index (χ4v) is 3.41. The lowest BCUT2D eigenvalue weighted by atomic mass is 10.0. The number of likely N-dealkylation sites (tertiary alicyclic amines) is 1. The predicted octanol–water partition coefficient (Wildman–Crippen LogP) is 3.74. The highest BCUT2D eigenvalue weighted by atomic mass is 16.2. The van der Waals surface area contributed by atoms with Crippen molar-refractivity contribution in [3.63, 3.8) is 0 Å². The van der Waals surface area contributed by atoms with Crippen molar-refractivity contribution in [1.82, 2.24) is 4.90 Å². The number of carbonyl (C=O) groups excluding carboxylic acids is 1. The Labute approximate surface area is 140 Å². The second kappa shape index (κ2) is 8.92. The Morgan fingerprint density at radius 2 is 1.87 bits per heavy atom. The molecule has 128 valence electrons. The molecule has 4 nitrogen and oxygen atoms in total. The monoisotopic (exact) mass is 317 g/mol. The molecule has 4 heteroatoms. The van der Waals surface area contributed by atoms with Crippen LogP contribution in [0.25, 0.3) is 0 Å². The van der Waals surface area contributed by atoms with E-state index in [4.69, 9.17) is 0 Å². The van der Waals surface area contributed by atoms with Gasteiger partial charge in [-0.15, -0.1) is 0 Å². The molecule has 1 aromatic rings. The van der Waals surface area contributed by atoms with Gasteiger partial charge in [0.15, 0.2) is 0 Å². The predicted molar refractivity (Wildman–Crippen MR) is 98.1 cm³/mol. The summed E-state index contributed by atoms with van der Waals surface area (Å²) >= 11 is 0. The number of nitrogens with zero attached hydrogens (tertiary/aromatic N) is 2. The van der Waals surface area contributed by atoms with Gasteiger partial charge < -0.3 is 10.2 Å². The molecule has 0 aromatic heterocycles. The molecule has 1 N–H and O–H groups in total. The molecular formula is C19H31N3O. The maximum atomic E-state index is 12.6. The zero-order chi connectivity index (χ0) is 16.7. The van der Waals surface area contributed by atoms with Crippen LogP contribution >= 0.6 is 0 Å². The third-order valence-corrected chi connectivity index (χ3v) is 4.69. The Hall–Kier alpha value is -1.55. The van der Waals surface area contributed by atoms with Crippen molar-refractivity contribution in [2.24, 2.45) is 0 Å².